The number of aromatic nitrogens is 6. The molecule has 38 heavy (non-hydrogen) atoms. The summed E-state index contributed by atoms with van der Waals surface area (Å²) in [7, 11) is 0. The number of aliphatic hydroxyl groups excluding tert-OH is 1. The van der Waals surface area contributed by atoms with E-state index in [4.69, 9.17) is 9.97 Å². The van der Waals surface area contributed by atoms with E-state index in [-0.39, 0.29) is 18.6 Å². The number of aromatic amines is 1. The van der Waals surface area contributed by atoms with Crippen molar-refractivity contribution in [1.82, 2.24) is 30.1 Å². The summed E-state index contributed by atoms with van der Waals surface area (Å²) in [6, 6.07) is 4.58. The minimum Gasteiger partial charge on any atom is -0.394 e. The number of nitrogens with zero attached hydrogens (tertiary/aromatic N) is 7. The van der Waals surface area contributed by atoms with Gasteiger partial charge in [0, 0.05) is 30.8 Å². The van der Waals surface area contributed by atoms with Gasteiger partial charge in [-0.3, -0.25) is 9.89 Å². The SMILES string of the molecule is CC1(C(=O)Nc2ccc(F)nc2)CCCN1c1nc(Nc2cc(C3CC3)[nH]n2)nc(N2CCCC2CO)n1. The van der Waals surface area contributed by atoms with E-state index >= 15 is 0 Å². The molecule has 6 rings (SSSR count). The summed E-state index contributed by atoms with van der Waals surface area (Å²) < 4.78 is 13.3. The molecule has 0 spiro atoms. The molecular weight excluding hydrogens is 491 g/mol. The maximum atomic E-state index is 13.5. The first kappa shape index (κ1) is 24.5. The van der Waals surface area contributed by atoms with Crippen LogP contribution in [0.2, 0.25) is 0 Å². The van der Waals surface area contributed by atoms with Gasteiger partial charge in [-0.25, -0.2) is 4.98 Å². The molecule has 0 radical (unpaired) electrons. The molecule has 12 nitrogen and oxygen atoms in total. The fourth-order valence-corrected chi connectivity index (χ4v) is 5.30. The molecule has 1 amide bonds. The Labute approximate surface area is 219 Å². The minimum absolute atomic E-state index is 0.00341. The van der Waals surface area contributed by atoms with E-state index < -0.39 is 11.5 Å². The highest BCUT2D eigenvalue weighted by Crippen LogP contribution is 2.40. The second-order valence-electron chi connectivity index (χ2n) is 10.4. The molecule has 1 saturated carbocycles. The van der Waals surface area contributed by atoms with E-state index in [1.807, 2.05) is 22.8 Å². The van der Waals surface area contributed by atoms with E-state index in [1.54, 1.807) is 0 Å². The lowest BCUT2D eigenvalue weighted by Gasteiger charge is -2.34. The Hall–Kier alpha value is -3.87. The zero-order valence-corrected chi connectivity index (χ0v) is 21.2. The van der Waals surface area contributed by atoms with Crippen molar-refractivity contribution in [2.24, 2.45) is 0 Å². The predicted molar refractivity (Wildman–Crippen MR) is 139 cm³/mol. The first-order valence-electron chi connectivity index (χ1n) is 13.1. The number of pyridine rings is 1. The molecule has 0 bridgehead atoms. The van der Waals surface area contributed by atoms with Gasteiger partial charge in [-0.2, -0.15) is 24.4 Å². The third kappa shape index (κ3) is 4.73. The molecular formula is C25H31FN10O2. The normalized spacial score (nSPS) is 23.2. The topological polar surface area (TPSA) is 148 Å². The third-order valence-corrected chi connectivity index (χ3v) is 7.67. The summed E-state index contributed by atoms with van der Waals surface area (Å²) in [5.74, 6) is 1.41. The van der Waals surface area contributed by atoms with Crippen LogP contribution in [0.5, 0.6) is 0 Å². The molecule has 2 saturated heterocycles. The second-order valence-corrected chi connectivity index (χ2v) is 10.4. The smallest absolute Gasteiger partial charge is 0.250 e. The van der Waals surface area contributed by atoms with Crippen molar-refractivity contribution in [3.05, 3.63) is 36.0 Å². The number of carbonyl (C=O) groups is 1. The largest absolute Gasteiger partial charge is 0.394 e. The molecule has 2 aliphatic heterocycles. The van der Waals surface area contributed by atoms with Gasteiger partial charge in [0.15, 0.2) is 5.82 Å². The summed E-state index contributed by atoms with van der Waals surface area (Å²) in [4.78, 5) is 35.2. The number of nitrogens with one attached hydrogen (secondary N) is 3. The fourth-order valence-electron chi connectivity index (χ4n) is 5.30. The van der Waals surface area contributed by atoms with Crippen LogP contribution in [0.4, 0.5) is 33.7 Å². The Morgan fingerprint density at radius 2 is 2.03 bits per heavy atom. The standard InChI is InChI=1S/C25H31FN10O2/c1-25(21(38)28-16-7-8-19(26)27-13-16)9-3-11-36(25)24-31-22(29-20-12-18(33-34-20)15-5-6-15)30-23(32-24)35-10-2-4-17(35)14-37/h7-8,12-13,15,17,37H,2-6,9-11,14H2,1H3,(H,28,38)(H2,29,30,31,32,33,34). The molecule has 200 valence electrons. The molecule has 5 heterocycles. The molecule has 3 aromatic rings. The highest BCUT2D eigenvalue weighted by atomic mass is 19.1. The lowest BCUT2D eigenvalue weighted by Crippen LogP contribution is -2.52. The highest BCUT2D eigenvalue weighted by molar-refractivity contribution is 6.00. The van der Waals surface area contributed by atoms with Gasteiger partial charge in [0.1, 0.15) is 5.54 Å². The van der Waals surface area contributed by atoms with Gasteiger partial charge in [-0.1, -0.05) is 0 Å². The summed E-state index contributed by atoms with van der Waals surface area (Å²) >= 11 is 0. The van der Waals surface area contributed by atoms with Gasteiger partial charge < -0.3 is 25.5 Å². The highest BCUT2D eigenvalue weighted by Gasteiger charge is 2.45. The van der Waals surface area contributed by atoms with Crippen molar-refractivity contribution < 1.29 is 14.3 Å². The Morgan fingerprint density at radius 3 is 2.79 bits per heavy atom. The van der Waals surface area contributed by atoms with Crippen molar-refractivity contribution in [3.63, 3.8) is 0 Å². The number of H-pyrrole nitrogens is 1. The van der Waals surface area contributed by atoms with E-state index in [1.165, 1.54) is 18.3 Å². The van der Waals surface area contributed by atoms with E-state index in [0.717, 1.165) is 44.3 Å². The zero-order chi connectivity index (χ0) is 26.3. The Morgan fingerprint density at radius 1 is 1.18 bits per heavy atom. The number of carbonyl (C=O) groups excluding carboxylic acids is 1. The van der Waals surface area contributed by atoms with E-state index in [9.17, 15) is 14.3 Å². The fraction of sp³-hybridized carbons (Fsp3) is 0.520. The molecule has 2 unspecified atom stereocenters. The molecule has 13 heteroatoms. The van der Waals surface area contributed by atoms with E-state index in [2.05, 4.69) is 30.8 Å². The molecule has 3 aromatic heterocycles. The number of rotatable bonds is 8. The van der Waals surface area contributed by atoms with Gasteiger partial charge in [-0.15, -0.1) is 0 Å². The monoisotopic (exact) mass is 522 g/mol. The van der Waals surface area contributed by atoms with Crippen LogP contribution in [0.15, 0.2) is 24.4 Å². The number of aliphatic hydroxyl groups is 1. The van der Waals surface area contributed by atoms with Crippen LogP contribution < -0.4 is 20.4 Å². The minimum atomic E-state index is -0.947. The maximum absolute atomic E-state index is 13.5. The van der Waals surface area contributed by atoms with Crippen LogP contribution in [0, 0.1) is 5.95 Å². The first-order valence-corrected chi connectivity index (χ1v) is 13.1. The average molecular weight is 523 g/mol. The van der Waals surface area contributed by atoms with Gasteiger partial charge in [0.05, 0.1) is 24.5 Å². The van der Waals surface area contributed by atoms with Crippen LogP contribution in [0.25, 0.3) is 0 Å². The third-order valence-electron chi connectivity index (χ3n) is 7.67. The van der Waals surface area contributed by atoms with Crippen LogP contribution in [0.3, 0.4) is 0 Å². The molecule has 0 aromatic carbocycles. The van der Waals surface area contributed by atoms with Crippen molar-refractivity contribution in [3.8, 4) is 0 Å². The van der Waals surface area contributed by atoms with Crippen LogP contribution in [-0.2, 0) is 4.79 Å². The van der Waals surface area contributed by atoms with Crippen molar-refractivity contribution in [1.29, 1.82) is 0 Å². The molecule has 4 N–H and O–H groups in total. The number of hydrogen-bond donors (Lipinski definition) is 4. The number of halogens is 1. The first-order chi connectivity index (χ1) is 18.4. The summed E-state index contributed by atoms with van der Waals surface area (Å²) in [6.07, 6.45) is 6.73. The molecule has 3 fully saturated rings. The number of hydrogen-bond acceptors (Lipinski definition) is 10. The van der Waals surface area contributed by atoms with Crippen LogP contribution in [-0.4, -0.2) is 72.4 Å². The van der Waals surface area contributed by atoms with Gasteiger partial charge >= 0.3 is 0 Å². The predicted octanol–water partition coefficient (Wildman–Crippen LogP) is 2.71. The van der Waals surface area contributed by atoms with Crippen molar-refractivity contribution in [2.45, 2.75) is 62.9 Å². The average Bonchev–Trinajstić information content (AvgIpc) is 3.28. The molecule has 3 aliphatic rings. The Bertz CT molecular complexity index is 1310. The maximum Gasteiger partial charge on any atom is 0.250 e. The Balaban J connectivity index is 1.32. The Kier molecular flexibility index (Phi) is 6.30. The lowest BCUT2D eigenvalue weighted by molar-refractivity contribution is -0.120. The van der Waals surface area contributed by atoms with Crippen molar-refractivity contribution in [2.75, 3.05) is 40.1 Å². The van der Waals surface area contributed by atoms with Crippen molar-refractivity contribution >= 4 is 35.3 Å². The second kappa shape index (κ2) is 9.78. The summed E-state index contributed by atoms with van der Waals surface area (Å²) in [5.41, 5.74) is 0.550. The molecule has 1 aliphatic carbocycles. The number of amides is 1. The van der Waals surface area contributed by atoms with E-state index in [0.29, 0.717) is 48.2 Å². The van der Waals surface area contributed by atoms with Crippen LogP contribution in [0.1, 0.15) is 57.1 Å². The zero-order valence-electron chi connectivity index (χ0n) is 21.2. The summed E-state index contributed by atoms with van der Waals surface area (Å²) in [6.45, 7) is 3.15. The van der Waals surface area contributed by atoms with Crippen LogP contribution >= 0.6 is 0 Å². The van der Waals surface area contributed by atoms with Gasteiger partial charge in [-0.05, 0) is 57.6 Å². The quantitative estimate of drug-likeness (QED) is 0.325. The summed E-state index contributed by atoms with van der Waals surface area (Å²) in [5, 5.41) is 23.4. The van der Waals surface area contributed by atoms with Gasteiger partial charge in [0.2, 0.25) is 29.7 Å². The van der Waals surface area contributed by atoms with Gasteiger partial charge in [0.25, 0.3) is 0 Å². The number of anilines is 5. The lowest BCUT2D eigenvalue weighted by atomic mass is 9.97. The molecule has 2 atom stereocenters.